The Labute approximate surface area is 260 Å². The third-order valence-corrected chi connectivity index (χ3v) is 8.11. The lowest BCUT2D eigenvalue weighted by molar-refractivity contribution is -0.141. The number of rotatable bonds is 9. The number of anilines is 1. The SMILES string of the molecule is Cc1ccc(C(C(=O)Nc2c(C)cccc2Cl)N(C(=O)C(Cc2ccccc2)NC(=O)OC(C)(C)C)C2CC2C)cc1C. The van der Waals surface area contributed by atoms with Crippen LogP contribution in [0.15, 0.2) is 66.7 Å². The van der Waals surface area contributed by atoms with Crippen LogP contribution in [0.4, 0.5) is 10.5 Å². The van der Waals surface area contributed by atoms with Crippen LogP contribution < -0.4 is 10.6 Å². The third kappa shape index (κ3) is 8.17. The van der Waals surface area contributed by atoms with Crippen molar-refractivity contribution < 1.29 is 19.1 Å². The molecule has 1 aliphatic rings. The van der Waals surface area contributed by atoms with Crippen molar-refractivity contribution >= 4 is 35.2 Å². The fourth-order valence-electron chi connectivity index (χ4n) is 5.21. The second-order valence-electron chi connectivity index (χ2n) is 12.6. The topological polar surface area (TPSA) is 87.7 Å². The van der Waals surface area contributed by atoms with E-state index in [1.807, 2.05) is 81.4 Å². The molecule has 7 nitrogen and oxygen atoms in total. The normalized spacial score (nSPS) is 17.4. The molecule has 1 fully saturated rings. The van der Waals surface area contributed by atoms with E-state index in [4.69, 9.17) is 16.3 Å². The summed E-state index contributed by atoms with van der Waals surface area (Å²) in [6.45, 7) is 13.2. The van der Waals surface area contributed by atoms with Crippen molar-refractivity contribution in [2.75, 3.05) is 5.32 Å². The second-order valence-corrected chi connectivity index (χ2v) is 13.0. The first-order chi connectivity index (χ1) is 20.2. The Morgan fingerprint density at radius 1 is 0.953 bits per heavy atom. The van der Waals surface area contributed by atoms with Crippen molar-refractivity contribution in [3.8, 4) is 0 Å². The summed E-state index contributed by atoms with van der Waals surface area (Å²) in [5, 5.41) is 6.27. The van der Waals surface area contributed by atoms with Gasteiger partial charge < -0.3 is 20.3 Å². The van der Waals surface area contributed by atoms with Gasteiger partial charge in [0.15, 0.2) is 0 Å². The zero-order valence-electron chi connectivity index (χ0n) is 26.0. The molecule has 3 aromatic carbocycles. The number of nitrogens with one attached hydrogen (secondary N) is 2. The number of para-hydroxylation sites is 1. The standard InChI is InChI=1S/C35H42ClN3O4/c1-21-16-17-26(18-23(21)3)31(32(40)38-30-22(2)12-11-15-27(30)36)39(29-19-24(29)4)33(41)28(20-25-13-9-8-10-14-25)37-34(42)43-35(5,6)7/h8-18,24,28-29,31H,19-20H2,1-7H3,(H,37,42)(H,38,40). The summed E-state index contributed by atoms with van der Waals surface area (Å²) in [5.74, 6) is -0.535. The Morgan fingerprint density at radius 2 is 1.63 bits per heavy atom. The number of amides is 3. The first-order valence-corrected chi connectivity index (χ1v) is 15.1. The monoisotopic (exact) mass is 603 g/mol. The second kappa shape index (κ2) is 13.2. The number of alkyl carbamates (subject to hydrolysis) is 1. The van der Waals surface area contributed by atoms with Gasteiger partial charge in [0.25, 0.3) is 5.91 Å². The van der Waals surface area contributed by atoms with Gasteiger partial charge in [-0.25, -0.2) is 4.79 Å². The number of carbonyl (C=O) groups is 3. The minimum atomic E-state index is -0.964. The average molecular weight is 604 g/mol. The Hall–Kier alpha value is -3.84. The van der Waals surface area contributed by atoms with Crippen LogP contribution in [0.25, 0.3) is 0 Å². The van der Waals surface area contributed by atoms with Gasteiger partial charge in [-0.2, -0.15) is 0 Å². The maximum Gasteiger partial charge on any atom is 0.408 e. The third-order valence-electron chi connectivity index (χ3n) is 7.79. The van der Waals surface area contributed by atoms with Crippen LogP contribution in [0, 0.1) is 26.7 Å². The zero-order chi connectivity index (χ0) is 31.5. The van der Waals surface area contributed by atoms with Gasteiger partial charge in [0.05, 0.1) is 10.7 Å². The molecule has 3 aromatic rings. The largest absolute Gasteiger partial charge is 0.444 e. The quantitative estimate of drug-likeness (QED) is 0.268. The molecule has 0 bridgehead atoms. The first kappa shape index (κ1) is 32.1. The Bertz CT molecular complexity index is 1460. The predicted molar refractivity (Wildman–Crippen MR) is 171 cm³/mol. The van der Waals surface area contributed by atoms with Crippen molar-refractivity contribution in [2.24, 2.45) is 5.92 Å². The molecule has 4 rings (SSSR count). The van der Waals surface area contributed by atoms with E-state index in [0.29, 0.717) is 16.3 Å². The van der Waals surface area contributed by atoms with Crippen LogP contribution in [-0.2, 0) is 20.7 Å². The van der Waals surface area contributed by atoms with Crippen LogP contribution >= 0.6 is 11.6 Å². The summed E-state index contributed by atoms with van der Waals surface area (Å²) < 4.78 is 5.55. The van der Waals surface area contributed by atoms with Gasteiger partial charge in [0, 0.05) is 12.5 Å². The predicted octanol–water partition coefficient (Wildman–Crippen LogP) is 7.32. The highest BCUT2D eigenvalue weighted by Gasteiger charge is 2.48. The number of nitrogens with zero attached hydrogens (tertiary/aromatic N) is 1. The molecule has 0 heterocycles. The Balaban J connectivity index is 1.79. The smallest absolute Gasteiger partial charge is 0.408 e. The lowest BCUT2D eigenvalue weighted by Crippen LogP contribution is -2.54. The van der Waals surface area contributed by atoms with Gasteiger partial charge >= 0.3 is 6.09 Å². The van der Waals surface area contributed by atoms with Crippen molar-refractivity contribution in [3.05, 3.63) is 99.6 Å². The van der Waals surface area contributed by atoms with Gasteiger partial charge in [-0.1, -0.05) is 79.2 Å². The minimum Gasteiger partial charge on any atom is -0.444 e. The highest BCUT2D eigenvalue weighted by molar-refractivity contribution is 6.34. The highest BCUT2D eigenvalue weighted by Crippen LogP contribution is 2.42. The molecule has 0 aromatic heterocycles. The van der Waals surface area contributed by atoms with Crippen molar-refractivity contribution in [1.82, 2.24) is 10.2 Å². The van der Waals surface area contributed by atoms with Crippen LogP contribution in [-0.4, -0.2) is 40.5 Å². The van der Waals surface area contributed by atoms with Gasteiger partial charge in [0.1, 0.15) is 17.7 Å². The number of hydrogen-bond acceptors (Lipinski definition) is 4. The van der Waals surface area contributed by atoms with E-state index in [1.165, 1.54) is 0 Å². The van der Waals surface area contributed by atoms with Gasteiger partial charge in [-0.15, -0.1) is 0 Å². The lowest BCUT2D eigenvalue weighted by Gasteiger charge is -2.35. The summed E-state index contributed by atoms with van der Waals surface area (Å²) in [5.41, 5.74) is 4.22. The Kier molecular flexibility index (Phi) is 9.86. The van der Waals surface area contributed by atoms with Crippen molar-refractivity contribution in [3.63, 3.8) is 0 Å². The molecular formula is C35H42ClN3O4. The van der Waals surface area contributed by atoms with Crippen LogP contribution in [0.5, 0.6) is 0 Å². The molecular weight excluding hydrogens is 562 g/mol. The number of ether oxygens (including phenoxy) is 1. The van der Waals surface area contributed by atoms with E-state index < -0.39 is 23.8 Å². The molecule has 43 heavy (non-hydrogen) atoms. The molecule has 1 saturated carbocycles. The van der Waals surface area contributed by atoms with Crippen molar-refractivity contribution in [2.45, 2.75) is 85.0 Å². The summed E-state index contributed by atoms with van der Waals surface area (Å²) in [6.07, 6.45) is 0.293. The lowest BCUT2D eigenvalue weighted by atomic mass is 9.97. The summed E-state index contributed by atoms with van der Waals surface area (Å²) >= 11 is 6.50. The number of benzene rings is 3. The number of carbonyl (C=O) groups excluding carboxylic acids is 3. The molecule has 0 aliphatic heterocycles. The number of hydrogen-bond donors (Lipinski definition) is 2. The summed E-state index contributed by atoms with van der Waals surface area (Å²) in [6, 6.07) is 18.6. The molecule has 228 valence electrons. The van der Waals surface area contributed by atoms with E-state index in [-0.39, 0.29) is 30.2 Å². The van der Waals surface area contributed by atoms with E-state index in [2.05, 4.69) is 17.6 Å². The fraction of sp³-hybridized carbons (Fsp3) is 0.400. The number of aryl methyl sites for hydroxylation is 3. The zero-order valence-corrected chi connectivity index (χ0v) is 26.8. The maximum atomic E-state index is 14.7. The van der Waals surface area contributed by atoms with Crippen LogP contribution in [0.3, 0.4) is 0 Å². The molecule has 8 heteroatoms. The molecule has 2 N–H and O–H groups in total. The maximum absolute atomic E-state index is 14.7. The van der Waals surface area contributed by atoms with Gasteiger partial charge in [-0.3, -0.25) is 9.59 Å². The highest BCUT2D eigenvalue weighted by atomic mass is 35.5. The summed E-state index contributed by atoms with van der Waals surface area (Å²) in [4.78, 5) is 43.7. The minimum absolute atomic E-state index is 0.184. The summed E-state index contributed by atoms with van der Waals surface area (Å²) in [7, 11) is 0. The first-order valence-electron chi connectivity index (χ1n) is 14.7. The van der Waals surface area contributed by atoms with E-state index in [9.17, 15) is 14.4 Å². The number of halogens is 1. The fourth-order valence-corrected chi connectivity index (χ4v) is 5.48. The molecule has 3 amide bonds. The van der Waals surface area contributed by atoms with Crippen LogP contribution in [0.1, 0.15) is 68.0 Å². The average Bonchev–Trinajstić information content (AvgIpc) is 3.65. The van der Waals surface area contributed by atoms with Gasteiger partial charge in [0.2, 0.25) is 5.91 Å². The van der Waals surface area contributed by atoms with Crippen LogP contribution in [0.2, 0.25) is 5.02 Å². The van der Waals surface area contributed by atoms with E-state index in [0.717, 1.165) is 28.7 Å². The molecule has 0 spiro atoms. The molecule has 4 atom stereocenters. The van der Waals surface area contributed by atoms with Crippen molar-refractivity contribution in [1.29, 1.82) is 0 Å². The molecule has 0 radical (unpaired) electrons. The molecule has 0 saturated heterocycles. The molecule has 1 aliphatic carbocycles. The Morgan fingerprint density at radius 3 is 2.21 bits per heavy atom. The van der Waals surface area contributed by atoms with E-state index in [1.54, 1.807) is 31.7 Å². The van der Waals surface area contributed by atoms with Gasteiger partial charge in [-0.05, 0) is 87.8 Å². The molecule has 4 unspecified atom stereocenters. The van der Waals surface area contributed by atoms with E-state index >= 15 is 0 Å².